The topological polar surface area (TPSA) is 149 Å². The highest BCUT2D eigenvalue weighted by molar-refractivity contribution is 6.35. The summed E-state index contributed by atoms with van der Waals surface area (Å²) in [5, 5.41) is 36.0. The van der Waals surface area contributed by atoms with Crippen LogP contribution in [0.2, 0.25) is 5.02 Å². The predicted octanol–water partition coefficient (Wildman–Crippen LogP) is 2.29. The highest BCUT2D eigenvalue weighted by Crippen LogP contribution is 2.31. The van der Waals surface area contributed by atoms with Crippen molar-refractivity contribution in [3.8, 4) is 0 Å². The molecule has 0 aliphatic heterocycles. The number of carboxylic acid groups (broad SMARTS) is 4. The Morgan fingerprint density at radius 3 is 1.61 bits per heavy atom. The fourth-order valence-corrected chi connectivity index (χ4v) is 2.44. The summed E-state index contributed by atoms with van der Waals surface area (Å²) in [5.74, 6) is -6.46. The van der Waals surface area contributed by atoms with Gasteiger partial charge in [0.05, 0.1) is 27.3 Å². The molecule has 0 atom stereocenters. The van der Waals surface area contributed by atoms with Gasteiger partial charge < -0.3 is 20.4 Å². The van der Waals surface area contributed by atoms with Crippen molar-refractivity contribution in [2.45, 2.75) is 0 Å². The lowest BCUT2D eigenvalue weighted by molar-refractivity contribution is 0.0634. The van der Waals surface area contributed by atoms with E-state index in [2.05, 4.69) is 0 Å². The Bertz CT molecular complexity index is 900. The van der Waals surface area contributed by atoms with Gasteiger partial charge >= 0.3 is 23.9 Å². The summed E-state index contributed by atoms with van der Waals surface area (Å²) in [6.45, 7) is 0. The zero-order valence-electron chi connectivity index (χ0n) is 11.0. The quantitative estimate of drug-likeness (QED) is 0.663. The largest absolute Gasteiger partial charge is 0.478 e. The van der Waals surface area contributed by atoms with Crippen LogP contribution in [0.3, 0.4) is 0 Å². The summed E-state index contributed by atoms with van der Waals surface area (Å²) in [5.41, 5.74) is -2.81. The van der Waals surface area contributed by atoms with Crippen LogP contribution in [0.25, 0.3) is 10.8 Å². The van der Waals surface area contributed by atoms with Gasteiger partial charge in [0.15, 0.2) is 0 Å². The van der Waals surface area contributed by atoms with Gasteiger partial charge in [-0.15, -0.1) is 0 Å². The molecule has 0 radical (unpaired) electrons. The van der Waals surface area contributed by atoms with Crippen molar-refractivity contribution in [3.05, 3.63) is 45.5 Å². The lowest BCUT2D eigenvalue weighted by atomic mass is 9.93. The van der Waals surface area contributed by atoms with E-state index in [9.17, 15) is 24.3 Å². The van der Waals surface area contributed by atoms with Gasteiger partial charge in [-0.2, -0.15) is 0 Å². The van der Waals surface area contributed by atoms with E-state index in [0.29, 0.717) is 0 Å². The lowest BCUT2D eigenvalue weighted by Crippen LogP contribution is -2.15. The SMILES string of the molecule is O=C(O)c1cc2cc(C(=O)O)c(C(=O)O)c(C(=O)O)c2cc1Cl. The van der Waals surface area contributed by atoms with Crippen LogP contribution in [-0.4, -0.2) is 44.3 Å². The van der Waals surface area contributed by atoms with Gasteiger partial charge in [-0.1, -0.05) is 11.6 Å². The Morgan fingerprint density at radius 1 is 0.696 bits per heavy atom. The normalized spacial score (nSPS) is 10.5. The smallest absolute Gasteiger partial charge is 0.337 e. The molecule has 0 saturated carbocycles. The van der Waals surface area contributed by atoms with Gasteiger partial charge in [0, 0.05) is 0 Å². The molecule has 4 N–H and O–H groups in total. The first-order valence-corrected chi connectivity index (χ1v) is 6.26. The maximum atomic E-state index is 11.4. The first-order chi connectivity index (χ1) is 10.6. The van der Waals surface area contributed by atoms with E-state index in [0.717, 1.165) is 18.2 Å². The summed E-state index contributed by atoms with van der Waals surface area (Å²) < 4.78 is 0. The molecule has 0 bridgehead atoms. The van der Waals surface area contributed by atoms with E-state index in [1.165, 1.54) is 0 Å². The highest BCUT2D eigenvalue weighted by Gasteiger charge is 2.27. The van der Waals surface area contributed by atoms with Gasteiger partial charge in [-0.3, -0.25) is 0 Å². The van der Waals surface area contributed by atoms with Crippen LogP contribution < -0.4 is 0 Å². The second-order valence-electron chi connectivity index (χ2n) is 4.45. The molecule has 0 aliphatic rings. The number of carboxylic acids is 4. The third-order valence-corrected chi connectivity index (χ3v) is 3.43. The van der Waals surface area contributed by atoms with E-state index in [4.69, 9.17) is 26.9 Å². The maximum Gasteiger partial charge on any atom is 0.337 e. The van der Waals surface area contributed by atoms with Crippen molar-refractivity contribution in [2.75, 3.05) is 0 Å². The van der Waals surface area contributed by atoms with Gasteiger partial charge in [-0.25, -0.2) is 19.2 Å². The lowest BCUT2D eigenvalue weighted by Gasteiger charge is -2.11. The van der Waals surface area contributed by atoms with E-state index < -0.39 is 40.6 Å². The first kappa shape index (κ1) is 16.2. The molecule has 0 fully saturated rings. The van der Waals surface area contributed by atoms with E-state index in [1.54, 1.807) is 0 Å². The Balaban J connectivity index is 3.09. The fourth-order valence-electron chi connectivity index (χ4n) is 2.20. The van der Waals surface area contributed by atoms with Crippen molar-refractivity contribution in [3.63, 3.8) is 0 Å². The maximum absolute atomic E-state index is 11.4. The van der Waals surface area contributed by atoms with Crippen LogP contribution in [0.1, 0.15) is 41.4 Å². The fraction of sp³-hybridized carbons (Fsp3) is 0. The van der Waals surface area contributed by atoms with Crippen LogP contribution in [-0.2, 0) is 0 Å². The molecule has 0 spiro atoms. The van der Waals surface area contributed by atoms with Crippen LogP contribution in [0.4, 0.5) is 0 Å². The molecule has 2 aromatic carbocycles. The molecule has 9 heteroatoms. The van der Waals surface area contributed by atoms with Gasteiger partial charge in [-0.05, 0) is 29.0 Å². The zero-order valence-corrected chi connectivity index (χ0v) is 11.8. The van der Waals surface area contributed by atoms with Crippen LogP contribution in [0, 0.1) is 0 Å². The van der Waals surface area contributed by atoms with Gasteiger partial charge in [0.1, 0.15) is 0 Å². The monoisotopic (exact) mass is 338 g/mol. The van der Waals surface area contributed by atoms with E-state index in [1.807, 2.05) is 0 Å². The predicted molar refractivity (Wildman–Crippen MR) is 76.8 cm³/mol. The van der Waals surface area contributed by atoms with Crippen LogP contribution in [0.15, 0.2) is 18.2 Å². The van der Waals surface area contributed by atoms with Crippen molar-refractivity contribution >= 4 is 46.3 Å². The molecule has 8 nitrogen and oxygen atoms in total. The summed E-state index contributed by atoms with van der Waals surface area (Å²) in [4.78, 5) is 45.0. The van der Waals surface area contributed by atoms with Crippen molar-refractivity contribution < 1.29 is 39.6 Å². The molecule has 2 aromatic rings. The molecule has 0 amide bonds. The Kier molecular flexibility index (Phi) is 3.94. The minimum atomic E-state index is -1.74. The number of hydrogen-bond donors (Lipinski definition) is 4. The number of halogens is 1. The number of fused-ring (bicyclic) bond motifs is 1. The molecule has 0 aliphatic carbocycles. The number of benzene rings is 2. The summed E-state index contributed by atoms with van der Waals surface area (Å²) in [6.07, 6.45) is 0. The highest BCUT2D eigenvalue weighted by atomic mass is 35.5. The average Bonchev–Trinajstić information content (AvgIpc) is 2.43. The Labute approximate surface area is 132 Å². The molecule has 0 heterocycles. The number of rotatable bonds is 4. The van der Waals surface area contributed by atoms with Crippen LogP contribution in [0.5, 0.6) is 0 Å². The number of hydrogen-bond acceptors (Lipinski definition) is 4. The summed E-state index contributed by atoms with van der Waals surface area (Å²) in [6, 6.07) is 2.88. The molecule has 118 valence electrons. The van der Waals surface area contributed by atoms with Gasteiger partial charge in [0.25, 0.3) is 0 Å². The minimum absolute atomic E-state index is 0.0633. The van der Waals surface area contributed by atoms with Crippen molar-refractivity contribution in [1.29, 1.82) is 0 Å². The standard InChI is InChI=1S/C14H7ClO8/c15-8-3-5-4(1-6(8)11(16)17)2-7(12(18)19)10(14(22)23)9(5)13(20)21/h1-3H,(H,16,17)(H,18,19)(H,20,21)(H,22,23). The molecular weight excluding hydrogens is 332 g/mol. The Morgan fingerprint density at radius 2 is 1.17 bits per heavy atom. The van der Waals surface area contributed by atoms with E-state index >= 15 is 0 Å². The first-order valence-electron chi connectivity index (χ1n) is 5.88. The number of carbonyl (C=O) groups is 4. The minimum Gasteiger partial charge on any atom is -0.478 e. The van der Waals surface area contributed by atoms with Crippen molar-refractivity contribution in [1.82, 2.24) is 0 Å². The second kappa shape index (κ2) is 5.58. The second-order valence-corrected chi connectivity index (χ2v) is 4.86. The third kappa shape index (κ3) is 2.67. The summed E-state index contributed by atoms with van der Waals surface area (Å²) in [7, 11) is 0. The zero-order chi connectivity index (χ0) is 17.5. The molecule has 0 aromatic heterocycles. The third-order valence-electron chi connectivity index (χ3n) is 3.12. The average molecular weight is 339 g/mol. The van der Waals surface area contributed by atoms with Crippen molar-refractivity contribution in [2.24, 2.45) is 0 Å². The summed E-state index contributed by atoms with van der Waals surface area (Å²) >= 11 is 5.77. The van der Waals surface area contributed by atoms with Crippen LogP contribution >= 0.6 is 11.6 Å². The Hall–Kier alpha value is -3.13. The molecule has 0 unspecified atom stereocenters. The molecule has 2 rings (SSSR count). The van der Waals surface area contributed by atoms with Gasteiger partial charge in [0.2, 0.25) is 0 Å². The molecular formula is C14H7ClO8. The van der Waals surface area contributed by atoms with E-state index in [-0.39, 0.29) is 21.4 Å². The molecule has 23 heavy (non-hydrogen) atoms. The molecule has 0 saturated heterocycles. The number of aromatic carboxylic acids is 4.